The molecule has 0 bridgehead atoms. The summed E-state index contributed by atoms with van der Waals surface area (Å²) in [6.07, 6.45) is 2.22. The van der Waals surface area contributed by atoms with E-state index in [1.165, 1.54) is 16.8 Å². The van der Waals surface area contributed by atoms with Gasteiger partial charge in [-0.3, -0.25) is 14.8 Å². The van der Waals surface area contributed by atoms with Crippen LogP contribution >= 0.6 is 11.9 Å². The second-order valence-electron chi connectivity index (χ2n) is 9.98. The second-order valence-corrected chi connectivity index (χ2v) is 10.8. The Kier molecular flexibility index (Phi) is 7.02. The summed E-state index contributed by atoms with van der Waals surface area (Å²) in [5, 5.41) is 1.15. The number of hydrogen-bond donors (Lipinski definition) is 1. The number of ether oxygens (including phenoxy) is 1. The molecule has 0 saturated carbocycles. The minimum atomic E-state index is 0.175. The van der Waals surface area contributed by atoms with Crippen LogP contribution in [0.5, 0.6) is 0 Å². The molecule has 3 heterocycles. The standard InChI is InChI=1S/C30H33N5OS/c1-33(2)26-14-8-22(9-15-26)21-34-17-19-35(20-18-34)30-29(36-30)24-10-12-25(13-11-24)32-37-27-7-3-5-23-6-4-16-31-28(23)27/h3-16,29-30,32H,17-21H2,1-2H3. The van der Waals surface area contributed by atoms with Crippen LogP contribution in [0.2, 0.25) is 0 Å². The van der Waals surface area contributed by atoms with Crippen molar-refractivity contribution in [2.24, 2.45) is 0 Å². The summed E-state index contributed by atoms with van der Waals surface area (Å²) < 4.78 is 9.58. The van der Waals surface area contributed by atoms with Gasteiger partial charge in [0.05, 0.1) is 10.4 Å². The first kappa shape index (κ1) is 24.2. The molecule has 1 aromatic heterocycles. The zero-order valence-corrected chi connectivity index (χ0v) is 22.2. The molecule has 2 fully saturated rings. The maximum atomic E-state index is 6.12. The van der Waals surface area contributed by atoms with Gasteiger partial charge in [-0.05, 0) is 59.5 Å². The van der Waals surface area contributed by atoms with Crippen LogP contribution in [0.1, 0.15) is 17.2 Å². The third-order valence-electron chi connectivity index (χ3n) is 7.21. The van der Waals surface area contributed by atoms with E-state index >= 15 is 0 Å². The number of rotatable bonds is 8. The molecule has 2 aliphatic heterocycles. The summed E-state index contributed by atoms with van der Waals surface area (Å²) in [5.74, 6) is 0. The molecule has 2 aliphatic rings. The van der Waals surface area contributed by atoms with Gasteiger partial charge in [-0.15, -0.1) is 0 Å². The average Bonchev–Trinajstić information content (AvgIpc) is 3.74. The van der Waals surface area contributed by atoms with Gasteiger partial charge in [0.1, 0.15) is 12.3 Å². The van der Waals surface area contributed by atoms with Crippen molar-refractivity contribution in [3.63, 3.8) is 0 Å². The van der Waals surface area contributed by atoms with Crippen LogP contribution in [-0.2, 0) is 11.3 Å². The Morgan fingerprint density at radius 3 is 2.43 bits per heavy atom. The smallest absolute Gasteiger partial charge is 0.142 e. The molecule has 4 aromatic rings. The second kappa shape index (κ2) is 10.7. The molecule has 3 aromatic carbocycles. The number of hydrogen-bond acceptors (Lipinski definition) is 7. The van der Waals surface area contributed by atoms with Gasteiger partial charge in [-0.1, -0.05) is 42.5 Å². The van der Waals surface area contributed by atoms with E-state index in [0.717, 1.165) is 54.2 Å². The van der Waals surface area contributed by atoms with Gasteiger partial charge in [-0.2, -0.15) is 0 Å². The number of para-hydroxylation sites is 1. The third-order valence-corrected chi connectivity index (χ3v) is 8.09. The van der Waals surface area contributed by atoms with E-state index < -0.39 is 0 Å². The third kappa shape index (κ3) is 5.60. The fraction of sp³-hybridized carbons (Fsp3) is 0.300. The number of anilines is 2. The molecule has 1 N–H and O–H groups in total. The molecule has 190 valence electrons. The van der Waals surface area contributed by atoms with E-state index in [9.17, 15) is 0 Å². The Morgan fingerprint density at radius 2 is 1.68 bits per heavy atom. The molecule has 2 saturated heterocycles. The summed E-state index contributed by atoms with van der Waals surface area (Å²) >= 11 is 1.60. The van der Waals surface area contributed by atoms with E-state index in [4.69, 9.17) is 4.74 Å². The Hall–Kier alpha value is -3.10. The van der Waals surface area contributed by atoms with Crippen molar-refractivity contribution in [2.45, 2.75) is 23.8 Å². The summed E-state index contributed by atoms with van der Waals surface area (Å²) in [4.78, 5) is 12.8. The van der Waals surface area contributed by atoms with Crippen LogP contribution in [0.3, 0.4) is 0 Å². The number of epoxide rings is 1. The minimum absolute atomic E-state index is 0.175. The van der Waals surface area contributed by atoms with Gasteiger partial charge in [0.15, 0.2) is 0 Å². The average molecular weight is 512 g/mol. The maximum Gasteiger partial charge on any atom is 0.142 e. The summed E-state index contributed by atoms with van der Waals surface area (Å²) in [7, 11) is 4.16. The van der Waals surface area contributed by atoms with Gasteiger partial charge in [0, 0.05) is 69.8 Å². The number of fused-ring (bicyclic) bond motifs is 1. The number of nitrogens with one attached hydrogen (secondary N) is 1. The van der Waals surface area contributed by atoms with Crippen molar-refractivity contribution in [1.82, 2.24) is 14.8 Å². The first-order valence-corrected chi connectivity index (χ1v) is 13.7. The van der Waals surface area contributed by atoms with Crippen LogP contribution in [0.4, 0.5) is 11.4 Å². The first-order valence-electron chi connectivity index (χ1n) is 12.9. The maximum absolute atomic E-state index is 6.12. The zero-order valence-electron chi connectivity index (χ0n) is 21.4. The fourth-order valence-corrected chi connectivity index (χ4v) is 5.75. The SMILES string of the molecule is CN(C)c1ccc(CN2CCN(C3OC3c3ccc(NSc4cccc5cccnc45)cc3)CC2)cc1. The van der Waals surface area contributed by atoms with Crippen molar-refractivity contribution in [2.75, 3.05) is 49.9 Å². The highest BCUT2D eigenvalue weighted by molar-refractivity contribution is 8.00. The van der Waals surface area contributed by atoms with Crippen LogP contribution < -0.4 is 9.62 Å². The van der Waals surface area contributed by atoms with E-state index in [2.05, 4.69) is 111 Å². The molecule has 2 unspecified atom stereocenters. The van der Waals surface area contributed by atoms with Gasteiger partial charge in [-0.25, -0.2) is 0 Å². The molecule has 2 atom stereocenters. The molecule has 0 radical (unpaired) electrons. The van der Waals surface area contributed by atoms with Gasteiger partial charge < -0.3 is 14.4 Å². The van der Waals surface area contributed by atoms with Gasteiger partial charge in [0.2, 0.25) is 0 Å². The zero-order chi connectivity index (χ0) is 25.2. The van der Waals surface area contributed by atoms with Crippen molar-refractivity contribution < 1.29 is 4.74 Å². The van der Waals surface area contributed by atoms with Crippen LogP contribution in [0.15, 0.2) is 90.0 Å². The monoisotopic (exact) mass is 511 g/mol. The minimum Gasteiger partial charge on any atom is -0.378 e. The summed E-state index contributed by atoms with van der Waals surface area (Å²) in [6, 6.07) is 27.9. The molecular weight excluding hydrogens is 478 g/mol. The summed E-state index contributed by atoms with van der Waals surface area (Å²) in [5.41, 5.74) is 5.97. The van der Waals surface area contributed by atoms with Gasteiger partial charge in [0.25, 0.3) is 0 Å². The molecule has 6 nitrogen and oxygen atoms in total. The predicted octanol–water partition coefficient (Wildman–Crippen LogP) is 5.64. The van der Waals surface area contributed by atoms with E-state index in [1.807, 2.05) is 12.3 Å². The lowest BCUT2D eigenvalue weighted by Gasteiger charge is -2.34. The van der Waals surface area contributed by atoms with Crippen molar-refractivity contribution >= 4 is 34.2 Å². The topological polar surface area (TPSA) is 47.2 Å². The van der Waals surface area contributed by atoms with Crippen LogP contribution in [0, 0.1) is 0 Å². The Bertz CT molecular complexity index is 1330. The van der Waals surface area contributed by atoms with Crippen molar-refractivity contribution in [3.05, 3.63) is 96.2 Å². The van der Waals surface area contributed by atoms with E-state index in [-0.39, 0.29) is 12.3 Å². The number of benzene rings is 3. The van der Waals surface area contributed by atoms with Crippen LogP contribution in [0.25, 0.3) is 10.9 Å². The number of pyridine rings is 1. The normalized spacial score (nSPS) is 20.2. The molecule has 37 heavy (non-hydrogen) atoms. The molecular formula is C30H33N5OS. The fourth-order valence-electron chi connectivity index (χ4n) is 4.97. The van der Waals surface area contributed by atoms with Crippen molar-refractivity contribution in [3.8, 4) is 0 Å². The lowest BCUT2D eigenvalue weighted by Crippen LogP contribution is -2.47. The van der Waals surface area contributed by atoms with E-state index in [1.54, 1.807) is 11.9 Å². The molecule has 7 heteroatoms. The quantitative estimate of drug-likeness (QED) is 0.243. The predicted molar refractivity (Wildman–Crippen MR) is 153 cm³/mol. The highest BCUT2D eigenvalue weighted by Gasteiger charge is 2.45. The number of nitrogens with zero attached hydrogens (tertiary/aromatic N) is 4. The highest BCUT2D eigenvalue weighted by Crippen LogP contribution is 2.41. The van der Waals surface area contributed by atoms with Gasteiger partial charge >= 0.3 is 0 Å². The highest BCUT2D eigenvalue weighted by atomic mass is 32.2. The molecule has 6 rings (SSSR count). The number of aromatic nitrogens is 1. The molecule has 0 aliphatic carbocycles. The van der Waals surface area contributed by atoms with Crippen molar-refractivity contribution in [1.29, 1.82) is 0 Å². The number of piperazine rings is 1. The Morgan fingerprint density at radius 1 is 0.919 bits per heavy atom. The molecule has 0 spiro atoms. The molecule has 0 amide bonds. The largest absolute Gasteiger partial charge is 0.378 e. The Labute approximate surface area is 223 Å². The lowest BCUT2D eigenvalue weighted by atomic mass is 10.1. The van der Waals surface area contributed by atoms with Crippen LogP contribution in [-0.4, -0.2) is 61.3 Å². The Balaban J connectivity index is 0.981. The summed E-state index contributed by atoms with van der Waals surface area (Å²) in [6.45, 7) is 5.26. The first-order chi connectivity index (χ1) is 18.1. The van der Waals surface area contributed by atoms with E-state index in [0.29, 0.717) is 0 Å². The lowest BCUT2D eigenvalue weighted by molar-refractivity contribution is 0.0877.